The lowest BCUT2D eigenvalue weighted by Crippen LogP contribution is -2.32. The fourth-order valence-corrected chi connectivity index (χ4v) is 2.58. The van der Waals surface area contributed by atoms with Crippen LogP contribution in [0.2, 0.25) is 0 Å². The summed E-state index contributed by atoms with van der Waals surface area (Å²) in [5, 5.41) is 0. The van der Waals surface area contributed by atoms with Crippen molar-refractivity contribution in [2.24, 2.45) is 5.41 Å². The Hall–Kier alpha value is -1.71. The summed E-state index contributed by atoms with van der Waals surface area (Å²) in [5.74, 6) is 1.00. The smallest absolute Gasteiger partial charge is 0.222 e. The zero-order valence-electron chi connectivity index (χ0n) is 13.1. The van der Waals surface area contributed by atoms with Crippen LogP contribution in [0.5, 0.6) is 5.75 Å². The Morgan fingerprint density at radius 3 is 2.81 bits per heavy atom. The fraction of sp³-hybridized carbons (Fsp3) is 0.588. The average Bonchev–Trinajstić information content (AvgIpc) is 2.57. The summed E-state index contributed by atoms with van der Waals surface area (Å²) >= 11 is 0. The molecule has 1 aliphatic rings. The molecule has 0 spiro atoms. The van der Waals surface area contributed by atoms with Crippen LogP contribution in [0.15, 0.2) is 24.3 Å². The van der Waals surface area contributed by atoms with Gasteiger partial charge in [0, 0.05) is 19.5 Å². The number of carbonyl (C=O) groups excluding carboxylic acids is 1. The number of benzene rings is 1. The number of nitrogens with zero attached hydrogens (tertiary/aromatic N) is 1. The van der Waals surface area contributed by atoms with Crippen LogP contribution in [0.3, 0.4) is 0 Å². The Morgan fingerprint density at radius 1 is 1.29 bits per heavy atom. The first kappa shape index (κ1) is 15.7. The van der Waals surface area contributed by atoms with Gasteiger partial charge < -0.3 is 15.4 Å². The number of rotatable bonds is 5. The van der Waals surface area contributed by atoms with Gasteiger partial charge in [-0.1, -0.05) is 26.0 Å². The van der Waals surface area contributed by atoms with Crippen molar-refractivity contribution in [2.75, 3.05) is 25.4 Å². The van der Waals surface area contributed by atoms with E-state index in [9.17, 15) is 4.79 Å². The molecular formula is C17H26N2O2. The van der Waals surface area contributed by atoms with E-state index in [-0.39, 0.29) is 11.3 Å². The maximum Gasteiger partial charge on any atom is 0.222 e. The van der Waals surface area contributed by atoms with Crippen LogP contribution >= 0.6 is 0 Å². The van der Waals surface area contributed by atoms with E-state index in [4.69, 9.17) is 10.5 Å². The number of para-hydroxylation sites is 2. The predicted octanol–water partition coefficient (Wildman–Crippen LogP) is 3.08. The summed E-state index contributed by atoms with van der Waals surface area (Å²) in [5.41, 5.74) is 6.76. The summed E-state index contributed by atoms with van der Waals surface area (Å²) < 4.78 is 5.67. The minimum absolute atomic E-state index is 0.277. The minimum Gasteiger partial charge on any atom is -0.491 e. The first-order valence-electron chi connectivity index (χ1n) is 7.73. The van der Waals surface area contributed by atoms with Crippen molar-refractivity contribution in [3.63, 3.8) is 0 Å². The molecule has 1 aromatic carbocycles. The number of amides is 1. The number of hydrogen-bond donors (Lipinski definition) is 1. The highest BCUT2D eigenvalue weighted by Gasteiger charge is 2.26. The maximum atomic E-state index is 12.1. The SMILES string of the molecule is CC1(C)CCC(=O)N(CCCOc2ccccc2N)CC1. The van der Waals surface area contributed by atoms with E-state index in [2.05, 4.69) is 13.8 Å². The maximum absolute atomic E-state index is 12.1. The van der Waals surface area contributed by atoms with Gasteiger partial charge in [-0.25, -0.2) is 0 Å². The number of nitrogens with two attached hydrogens (primary N) is 1. The van der Waals surface area contributed by atoms with E-state index < -0.39 is 0 Å². The molecule has 0 radical (unpaired) electrons. The third-order valence-electron chi connectivity index (χ3n) is 4.18. The fourth-order valence-electron chi connectivity index (χ4n) is 2.58. The molecule has 0 bridgehead atoms. The molecular weight excluding hydrogens is 264 g/mol. The molecule has 1 fully saturated rings. The Morgan fingerprint density at radius 2 is 2.05 bits per heavy atom. The molecule has 0 atom stereocenters. The van der Waals surface area contributed by atoms with E-state index in [1.165, 1.54) is 0 Å². The van der Waals surface area contributed by atoms with Gasteiger partial charge >= 0.3 is 0 Å². The highest BCUT2D eigenvalue weighted by atomic mass is 16.5. The summed E-state index contributed by atoms with van der Waals surface area (Å²) in [6.45, 7) is 6.69. The third kappa shape index (κ3) is 4.66. The number of nitrogen functional groups attached to an aromatic ring is 1. The van der Waals surface area contributed by atoms with Gasteiger partial charge in [0.1, 0.15) is 5.75 Å². The van der Waals surface area contributed by atoms with Crippen molar-refractivity contribution in [2.45, 2.75) is 39.5 Å². The second-order valence-electron chi connectivity index (χ2n) is 6.53. The standard InChI is InChI=1S/C17H26N2O2/c1-17(2)9-8-16(20)19(12-10-17)11-5-13-21-15-7-4-3-6-14(15)18/h3-4,6-7H,5,8-13,18H2,1-2H3. The Balaban J connectivity index is 1.75. The van der Waals surface area contributed by atoms with E-state index >= 15 is 0 Å². The number of anilines is 1. The van der Waals surface area contributed by atoms with Crippen molar-refractivity contribution in [3.05, 3.63) is 24.3 Å². The van der Waals surface area contributed by atoms with Crippen molar-refractivity contribution in [1.82, 2.24) is 4.90 Å². The van der Waals surface area contributed by atoms with Crippen molar-refractivity contribution in [1.29, 1.82) is 0 Å². The average molecular weight is 290 g/mol. The van der Waals surface area contributed by atoms with Crippen LogP contribution < -0.4 is 10.5 Å². The lowest BCUT2D eigenvalue weighted by atomic mass is 9.85. The molecule has 1 aromatic rings. The third-order valence-corrected chi connectivity index (χ3v) is 4.18. The van der Waals surface area contributed by atoms with Crippen molar-refractivity contribution in [3.8, 4) is 5.75 Å². The topological polar surface area (TPSA) is 55.6 Å². The number of hydrogen-bond acceptors (Lipinski definition) is 3. The van der Waals surface area contributed by atoms with Gasteiger partial charge in [-0.2, -0.15) is 0 Å². The monoisotopic (exact) mass is 290 g/mol. The number of likely N-dealkylation sites (tertiary alicyclic amines) is 1. The van der Waals surface area contributed by atoms with Crippen LogP contribution in [0, 0.1) is 5.41 Å². The van der Waals surface area contributed by atoms with Crippen LogP contribution in [-0.4, -0.2) is 30.5 Å². The normalized spacial score (nSPS) is 18.4. The zero-order chi connectivity index (χ0) is 15.3. The second kappa shape index (κ2) is 6.83. The van der Waals surface area contributed by atoms with Gasteiger partial charge in [0.05, 0.1) is 12.3 Å². The van der Waals surface area contributed by atoms with Gasteiger partial charge in [0.15, 0.2) is 0 Å². The largest absolute Gasteiger partial charge is 0.491 e. The quantitative estimate of drug-likeness (QED) is 0.670. The van der Waals surface area contributed by atoms with Gasteiger partial charge in [0.2, 0.25) is 5.91 Å². The summed E-state index contributed by atoms with van der Waals surface area (Å²) in [6.07, 6.45) is 3.56. The molecule has 0 aliphatic carbocycles. The van der Waals surface area contributed by atoms with Gasteiger partial charge in [-0.15, -0.1) is 0 Å². The first-order valence-corrected chi connectivity index (χ1v) is 7.73. The molecule has 1 heterocycles. The molecule has 4 nitrogen and oxygen atoms in total. The molecule has 21 heavy (non-hydrogen) atoms. The van der Waals surface area contributed by atoms with Crippen LogP contribution in [-0.2, 0) is 4.79 Å². The molecule has 2 rings (SSSR count). The van der Waals surface area contributed by atoms with Crippen molar-refractivity contribution >= 4 is 11.6 Å². The van der Waals surface area contributed by atoms with E-state index in [0.29, 0.717) is 18.7 Å². The summed E-state index contributed by atoms with van der Waals surface area (Å²) in [4.78, 5) is 14.1. The molecule has 0 unspecified atom stereocenters. The van der Waals surface area contributed by atoms with E-state index in [1.54, 1.807) is 0 Å². The molecule has 2 N–H and O–H groups in total. The minimum atomic E-state index is 0.277. The van der Waals surface area contributed by atoms with Crippen LogP contribution in [0.1, 0.15) is 39.5 Å². The molecule has 0 saturated carbocycles. The van der Waals surface area contributed by atoms with Gasteiger partial charge in [0.25, 0.3) is 0 Å². The second-order valence-corrected chi connectivity index (χ2v) is 6.53. The molecule has 1 aliphatic heterocycles. The molecule has 4 heteroatoms. The summed E-state index contributed by atoms with van der Waals surface area (Å²) in [6, 6.07) is 7.50. The number of carbonyl (C=O) groups is 1. The van der Waals surface area contributed by atoms with E-state index in [0.717, 1.165) is 38.1 Å². The Kier molecular flexibility index (Phi) is 5.10. The lowest BCUT2D eigenvalue weighted by molar-refractivity contribution is -0.130. The van der Waals surface area contributed by atoms with Crippen molar-refractivity contribution < 1.29 is 9.53 Å². The Bertz CT molecular complexity index is 485. The van der Waals surface area contributed by atoms with Crippen LogP contribution in [0.4, 0.5) is 5.69 Å². The van der Waals surface area contributed by atoms with E-state index in [1.807, 2.05) is 29.2 Å². The highest BCUT2D eigenvalue weighted by molar-refractivity contribution is 5.76. The number of ether oxygens (including phenoxy) is 1. The Labute approximate surface area is 127 Å². The molecule has 116 valence electrons. The van der Waals surface area contributed by atoms with Gasteiger partial charge in [-0.3, -0.25) is 4.79 Å². The first-order chi connectivity index (χ1) is 9.98. The van der Waals surface area contributed by atoms with Gasteiger partial charge in [-0.05, 0) is 36.8 Å². The summed E-state index contributed by atoms with van der Waals surface area (Å²) in [7, 11) is 0. The predicted molar refractivity (Wildman–Crippen MR) is 85.2 cm³/mol. The molecule has 1 amide bonds. The molecule has 1 saturated heterocycles. The highest BCUT2D eigenvalue weighted by Crippen LogP contribution is 2.30. The van der Waals surface area contributed by atoms with Crippen LogP contribution in [0.25, 0.3) is 0 Å². The lowest BCUT2D eigenvalue weighted by Gasteiger charge is -2.23. The zero-order valence-corrected chi connectivity index (χ0v) is 13.1. The molecule has 0 aromatic heterocycles.